The number of aromatic carboxylic acids is 1. The van der Waals surface area contributed by atoms with Crippen molar-refractivity contribution < 1.29 is 27.8 Å². The molecule has 0 fully saturated rings. The van der Waals surface area contributed by atoms with Gasteiger partial charge in [0.1, 0.15) is 12.4 Å². The molecule has 3 nitrogen and oxygen atoms in total. The fourth-order valence-corrected chi connectivity index (χ4v) is 2.96. The van der Waals surface area contributed by atoms with Gasteiger partial charge in [-0.15, -0.1) is 11.3 Å². The van der Waals surface area contributed by atoms with Crippen molar-refractivity contribution in [1.29, 1.82) is 0 Å². The molecule has 0 radical (unpaired) electrons. The number of benzene rings is 1. The molecule has 0 aliphatic carbocycles. The molecule has 0 bridgehead atoms. The highest BCUT2D eigenvalue weighted by Gasteiger charge is 2.35. The summed E-state index contributed by atoms with van der Waals surface area (Å²) in [5, 5.41) is 10.5. The molecule has 8 heteroatoms. The second kappa shape index (κ2) is 6.07. The molecular weight excluding hydrogens is 373 g/mol. The van der Waals surface area contributed by atoms with Crippen molar-refractivity contribution in [3.8, 4) is 5.75 Å². The van der Waals surface area contributed by atoms with Gasteiger partial charge in [0.25, 0.3) is 0 Å². The first kappa shape index (κ1) is 15.8. The van der Waals surface area contributed by atoms with Gasteiger partial charge in [-0.2, -0.15) is 13.2 Å². The minimum absolute atomic E-state index is 0.0340. The summed E-state index contributed by atoms with van der Waals surface area (Å²) < 4.78 is 44.8. The zero-order valence-corrected chi connectivity index (χ0v) is 12.7. The third kappa shape index (κ3) is 3.76. The number of carbonyl (C=O) groups is 1. The first-order valence-corrected chi connectivity index (χ1v) is 7.25. The van der Waals surface area contributed by atoms with Gasteiger partial charge in [-0.05, 0) is 45.6 Å². The largest absolute Gasteiger partial charge is 0.487 e. The number of hydrogen-bond acceptors (Lipinski definition) is 3. The van der Waals surface area contributed by atoms with Gasteiger partial charge in [-0.3, -0.25) is 0 Å². The maximum absolute atomic E-state index is 13.0. The number of halogens is 4. The molecule has 0 spiro atoms. The fourth-order valence-electron chi connectivity index (χ4n) is 1.58. The molecule has 0 aliphatic heterocycles. The summed E-state index contributed by atoms with van der Waals surface area (Å²) in [7, 11) is 0. The Morgan fingerprint density at radius 2 is 2.05 bits per heavy atom. The van der Waals surface area contributed by atoms with Crippen LogP contribution in [0.2, 0.25) is 0 Å². The number of carboxylic acid groups (broad SMARTS) is 1. The van der Waals surface area contributed by atoms with E-state index in [1.807, 2.05) is 0 Å². The maximum Gasteiger partial charge on any atom is 0.419 e. The minimum atomic E-state index is -4.69. The van der Waals surface area contributed by atoms with E-state index in [1.54, 1.807) is 11.4 Å². The van der Waals surface area contributed by atoms with Crippen molar-refractivity contribution in [2.24, 2.45) is 0 Å². The van der Waals surface area contributed by atoms with Crippen LogP contribution in [0, 0.1) is 0 Å². The molecular formula is C13H8BrF3O3S. The number of alkyl halides is 3. The van der Waals surface area contributed by atoms with Crippen molar-refractivity contribution in [3.05, 3.63) is 50.1 Å². The van der Waals surface area contributed by atoms with E-state index in [9.17, 15) is 18.0 Å². The molecule has 0 unspecified atom stereocenters. The molecule has 1 N–H and O–H groups in total. The van der Waals surface area contributed by atoms with Gasteiger partial charge < -0.3 is 9.84 Å². The molecule has 2 aromatic rings. The second-order valence-electron chi connectivity index (χ2n) is 3.99. The topological polar surface area (TPSA) is 46.5 Å². The molecule has 1 aromatic carbocycles. The fraction of sp³-hybridized carbons (Fsp3) is 0.154. The normalized spacial score (nSPS) is 11.4. The Morgan fingerprint density at radius 1 is 1.33 bits per heavy atom. The molecule has 21 heavy (non-hydrogen) atoms. The van der Waals surface area contributed by atoms with E-state index in [4.69, 9.17) is 9.84 Å². The van der Waals surface area contributed by atoms with Crippen molar-refractivity contribution >= 4 is 33.2 Å². The monoisotopic (exact) mass is 380 g/mol. The summed E-state index contributed by atoms with van der Waals surface area (Å²) in [6.07, 6.45) is -4.69. The van der Waals surface area contributed by atoms with Crippen LogP contribution in [0.4, 0.5) is 13.2 Å². The Morgan fingerprint density at radius 3 is 2.57 bits per heavy atom. The summed E-state index contributed by atoms with van der Waals surface area (Å²) in [5.74, 6) is -1.82. The van der Waals surface area contributed by atoms with Crippen LogP contribution in [0.25, 0.3) is 0 Å². The van der Waals surface area contributed by atoms with Crippen molar-refractivity contribution in [1.82, 2.24) is 0 Å². The molecule has 112 valence electrons. The smallest absolute Gasteiger partial charge is 0.419 e. The zero-order chi connectivity index (χ0) is 15.6. The predicted octanol–water partition coefficient (Wildman–Crippen LogP) is 4.81. The summed E-state index contributed by atoms with van der Waals surface area (Å²) >= 11 is 4.60. The maximum atomic E-state index is 13.0. The van der Waals surface area contributed by atoms with Crippen molar-refractivity contribution in [2.45, 2.75) is 12.8 Å². The number of rotatable bonds is 4. The Bertz CT molecular complexity index is 667. The lowest BCUT2D eigenvalue weighted by Crippen LogP contribution is -2.10. The highest BCUT2D eigenvalue weighted by atomic mass is 79.9. The molecule has 2 rings (SSSR count). The van der Waals surface area contributed by atoms with Crippen LogP contribution in [-0.2, 0) is 12.8 Å². The lowest BCUT2D eigenvalue weighted by molar-refractivity contribution is -0.139. The first-order valence-electron chi connectivity index (χ1n) is 5.58. The summed E-state index contributed by atoms with van der Waals surface area (Å²) in [4.78, 5) is 11.5. The number of thiophene rings is 1. The molecule has 0 amide bonds. The van der Waals surface area contributed by atoms with Gasteiger partial charge in [0.15, 0.2) is 0 Å². The first-order chi connectivity index (χ1) is 9.79. The van der Waals surface area contributed by atoms with E-state index in [1.165, 1.54) is 11.3 Å². The van der Waals surface area contributed by atoms with Gasteiger partial charge in [0, 0.05) is 4.47 Å². The number of carboxylic acids is 1. The van der Waals surface area contributed by atoms with Crippen LogP contribution < -0.4 is 4.74 Å². The van der Waals surface area contributed by atoms with Crippen LogP contribution in [0.5, 0.6) is 5.75 Å². The predicted molar refractivity (Wildman–Crippen MR) is 74.8 cm³/mol. The zero-order valence-electron chi connectivity index (χ0n) is 10.3. The number of hydrogen-bond donors (Lipinski definition) is 1. The SMILES string of the molecule is O=C(O)c1ccc(OCc2sccc2Br)c(C(F)(F)F)c1. The third-order valence-electron chi connectivity index (χ3n) is 2.58. The van der Waals surface area contributed by atoms with Crippen LogP contribution in [0.15, 0.2) is 34.1 Å². The van der Waals surface area contributed by atoms with Crippen LogP contribution in [0.1, 0.15) is 20.8 Å². The second-order valence-corrected chi connectivity index (χ2v) is 5.85. The summed E-state index contributed by atoms with van der Waals surface area (Å²) in [5.41, 5.74) is -1.54. The van der Waals surface area contributed by atoms with E-state index in [0.717, 1.165) is 21.5 Å². The Balaban J connectivity index is 2.30. The Hall–Kier alpha value is -1.54. The van der Waals surface area contributed by atoms with E-state index >= 15 is 0 Å². The van der Waals surface area contributed by atoms with Crippen molar-refractivity contribution in [3.63, 3.8) is 0 Å². The number of ether oxygens (including phenoxy) is 1. The summed E-state index contributed by atoms with van der Waals surface area (Å²) in [6, 6.07) is 4.44. The van der Waals surface area contributed by atoms with Gasteiger partial charge in [0.2, 0.25) is 0 Å². The highest BCUT2D eigenvalue weighted by molar-refractivity contribution is 9.10. The van der Waals surface area contributed by atoms with Gasteiger partial charge in [-0.25, -0.2) is 4.79 Å². The van der Waals surface area contributed by atoms with Crippen LogP contribution in [0.3, 0.4) is 0 Å². The lowest BCUT2D eigenvalue weighted by Gasteiger charge is -2.14. The van der Waals surface area contributed by atoms with Gasteiger partial charge in [0.05, 0.1) is 16.0 Å². The highest BCUT2D eigenvalue weighted by Crippen LogP contribution is 2.37. The third-order valence-corrected chi connectivity index (χ3v) is 4.48. The molecule has 0 aliphatic rings. The standard InChI is InChI=1S/C13H8BrF3O3S/c14-9-3-4-21-11(9)6-20-10-2-1-7(12(18)19)5-8(10)13(15,16)17/h1-5H,6H2,(H,18,19). The Labute approximate surface area is 130 Å². The molecule has 0 atom stereocenters. The van der Waals surface area contributed by atoms with Crippen molar-refractivity contribution in [2.75, 3.05) is 0 Å². The molecule has 0 saturated heterocycles. The quantitative estimate of drug-likeness (QED) is 0.827. The van der Waals surface area contributed by atoms with Gasteiger partial charge >= 0.3 is 12.1 Å². The summed E-state index contributed by atoms with van der Waals surface area (Å²) in [6.45, 7) is -0.0340. The Kier molecular flexibility index (Phi) is 4.58. The van der Waals surface area contributed by atoms with E-state index in [0.29, 0.717) is 6.07 Å². The average Bonchev–Trinajstić information content (AvgIpc) is 2.80. The minimum Gasteiger partial charge on any atom is -0.487 e. The van der Waals surface area contributed by atoms with Crippen LogP contribution in [-0.4, -0.2) is 11.1 Å². The van der Waals surface area contributed by atoms with E-state index < -0.39 is 29.0 Å². The molecule has 0 saturated carbocycles. The van der Waals surface area contributed by atoms with E-state index in [2.05, 4.69) is 15.9 Å². The van der Waals surface area contributed by atoms with Gasteiger partial charge in [-0.1, -0.05) is 0 Å². The van der Waals surface area contributed by atoms with Crippen LogP contribution >= 0.6 is 27.3 Å². The average molecular weight is 381 g/mol. The van der Waals surface area contributed by atoms with E-state index in [-0.39, 0.29) is 6.61 Å². The lowest BCUT2D eigenvalue weighted by atomic mass is 10.1. The molecule has 1 heterocycles. The molecule has 1 aromatic heterocycles.